The number of nitrogens with zero attached hydrogens (tertiary/aromatic N) is 5. The standard InChI is InChI=1S/C12H11N5/c1-16(10-5-3-2-4-6-10)11-12-15-14-9-17(12)8-7-13-11/h2-9H,1H3. The quantitative estimate of drug-likeness (QED) is 0.668. The summed E-state index contributed by atoms with van der Waals surface area (Å²) in [7, 11) is 1.96. The van der Waals surface area contributed by atoms with Gasteiger partial charge in [-0.1, -0.05) is 18.2 Å². The molecule has 0 amide bonds. The predicted molar refractivity (Wildman–Crippen MR) is 65.3 cm³/mol. The van der Waals surface area contributed by atoms with Crippen molar-refractivity contribution >= 4 is 17.2 Å². The fourth-order valence-corrected chi connectivity index (χ4v) is 1.76. The Balaban J connectivity index is 2.13. The number of hydrogen-bond acceptors (Lipinski definition) is 4. The maximum Gasteiger partial charge on any atom is 0.204 e. The van der Waals surface area contributed by atoms with Crippen molar-refractivity contribution in [2.75, 3.05) is 11.9 Å². The highest BCUT2D eigenvalue weighted by Gasteiger charge is 2.10. The van der Waals surface area contributed by atoms with Crippen LogP contribution in [0.4, 0.5) is 11.5 Å². The third-order valence-corrected chi connectivity index (χ3v) is 2.66. The van der Waals surface area contributed by atoms with E-state index in [4.69, 9.17) is 0 Å². The van der Waals surface area contributed by atoms with Gasteiger partial charge in [0.1, 0.15) is 6.33 Å². The van der Waals surface area contributed by atoms with Gasteiger partial charge in [-0.05, 0) is 12.1 Å². The second-order valence-corrected chi connectivity index (χ2v) is 3.71. The van der Waals surface area contributed by atoms with Crippen LogP contribution in [-0.2, 0) is 0 Å². The van der Waals surface area contributed by atoms with Gasteiger partial charge in [0.25, 0.3) is 0 Å². The molecule has 0 atom stereocenters. The first-order valence-corrected chi connectivity index (χ1v) is 5.29. The first-order valence-electron chi connectivity index (χ1n) is 5.29. The van der Waals surface area contributed by atoms with Crippen LogP contribution < -0.4 is 4.90 Å². The lowest BCUT2D eigenvalue weighted by molar-refractivity contribution is 1.07. The van der Waals surface area contributed by atoms with Gasteiger partial charge in [-0.2, -0.15) is 0 Å². The molecule has 0 spiro atoms. The number of para-hydroxylation sites is 1. The van der Waals surface area contributed by atoms with Gasteiger partial charge in [-0.15, -0.1) is 10.2 Å². The summed E-state index contributed by atoms with van der Waals surface area (Å²) in [5.74, 6) is 0.788. The summed E-state index contributed by atoms with van der Waals surface area (Å²) in [6.45, 7) is 0. The molecule has 2 heterocycles. The van der Waals surface area contributed by atoms with Gasteiger partial charge in [0.15, 0.2) is 5.82 Å². The third-order valence-electron chi connectivity index (χ3n) is 2.66. The molecule has 84 valence electrons. The van der Waals surface area contributed by atoms with E-state index in [-0.39, 0.29) is 0 Å². The van der Waals surface area contributed by atoms with Crippen molar-refractivity contribution in [3.8, 4) is 0 Å². The zero-order valence-electron chi connectivity index (χ0n) is 9.35. The van der Waals surface area contributed by atoms with Gasteiger partial charge in [-0.25, -0.2) is 4.98 Å². The largest absolute Gasteiger partial charge is 0.326 e. The molecule has 0 aliphatic rings. The minimum Gasteiger partial charge on any atom is -0.326 e. The maximum absolute atomic E-state index is 4.36. The SMILES string of the molecule is CN(c1ccccc1)c1nccn2cnnc12. The van der Waals surface area contributed by atoms with Crippen LogP contribution in [0.3, 0.4) is 0 Å². The summed E-state index contributed by atoms with van der Waals surface area (Å²) >= 11 is 0. The van der Waals surface area contributed by atoms with Crippen LogP contribution in [0.25, 0.3) is 5.65 Å². The molecule has 0 aliphatic carbocycles. The first kappa shape index (κ1) is 9.77. The highest BCUT2D eigenvalue weighted by molar-refractivity contribution is 5.70. The normalized spacial score (nSPS) is 10.6. The van der Waals surface area contributed by atoms with E-state index in [0.29, 0.717) is 0 Å². The van der Waals surface area contributed by atoms with Crippen LogP contribution in [0.5, 0.6) is 0 Å². The Morgan fingerprint density at radius 1 is 1.18 bits per heavy atom. The fraction of sp³-hybridized carbons (Fsp3) is 0.0833. The summed E-state index contributed by atoms with van der Waals surface area (Å²) in [4.78, 5) is 6.35. The maximum atomic E-state index is 4.36. The van der Waals surface area contributed by atoms with Crippen molar-refractivity contribution in [2.45, 2.75) is 0 Å². The molecule has 3 rings (SSSR count). The molecular formula is C12H11N5. The average Bonchev–Trinajstić information content (AvgIpc) is 2.87. The molecule has 0 N–H and O–H groups in total. The Hall–Kier alpha value is -2.43. The Kier molecular flexibility index (Phi) is 2.22. The van der Waals surface area contributed by atoms with E-state index in [1.54, 1.807) is 12.5 Å². The topological polar surface area (TPSA) is 46.3 Å². The summed E-state index contributed by atoms with van der Waals surface area (Å²) < 4.78 is 1.85. The zero-order valence-corrected chi connectivity index (χ0v) is 9.35. The van der Waals surface area contributed by atoms with Crippen LogP contribution in [-0.4, -0.2) is 26.6 Å². The summed E-state index contributed by atoms with van der Waals surface area (Å²) in [6.07, 6.45) is 5.24. The van der Waals surface area contributed by atoms with Crippen molar-refractivity contribution in [2.24, 2.45) is 0 Å². The molecule has 1 aromatic carbocycles. The number of benzene rings is 1. The van der Waals surface area contributed by atoms with E-state index >= 15 is 0 Å². The van der Waals surface area contributed by atoms with Crippen LogP contribution >= 0.6 is 0 Å². The highest BCUT2D eigenvalue weighted by Crippen LogP contribution is 2.23. The third kappa shape index (κ3) is 1.61. The lowest BCUT2D eigenvalue weighted by atomic mass is 10.3. The second-order valence-electron chi connectivity index (χ2n) is 3.71. The Labute approximate surface area is 98.4 Å². The van der Waals surface area contributed by atoms with Gasteiger partial charge in [-0.3, -0.25) is 4.40 Å². The second kappa shape index (κ2) is 3.86. The van der Waals surface area contributed by atoms with E-state index in [1.807, 2.05) is 52.9 Å². The number of anilines is 2. The van der Waals surface area contributed by atoms with Crippen molar-refractivity contribution < 1.29 is 0 Å². The number of rotatable bonds is 2. The number of aromatic nitrogens is 4. The van der Waals surface area contributed by atoms with Gasteiger partial charge < -0.3 is 4.90 Å². The summed E-state index contributed by atoms with van der Waals surface area (Å²) in [5.41, 5.74) is 1.81. The molecule has 0 aliphatic heterocycles. The van der Waals surface area contributed by atoms with E-state index < -0.39 is 0 Å². The first-order chi connectivity index (χ1) is 8.36. The molecule has 0 unspecified atom stereocenters. The smallest absolute Gasteiger partial charge is 0.204 e. The Morgan fingerprint density at radius 3 is 2.82 bits per heavy atom. The van der Waals surface area contributed by atoms with Crippen LogP contribution in [0.15, 0.2) is 49.1 Å². The Morgan fingerprint density at radius 2 is 2.00 bits per heavy atom. The zero-order chi connectivity index (χ0) is 11.7. The van der Waals surface area contributed by atoms with Crippen molar-refractivity contribution in [1.82, 2.24) is 19.6 Å². The van der Waals surface area contributed by atoms with Crippen LogP contribution in [0, 0.1) is 0 Å². The van der Waals surface area contributed by atoms with E-state index in [9.17, 15) is 0 Å². The van der Waals surface area contributed by atoms with Crippen LogP contribution in [0.1, 0.15) is 0 Å². The van der Waals surface area contributed by atoms with Gasteiger partial charge in [0.05, 0.1) is 0 Å². The average molecular weight is 225 g/mol. The molecule has 0 saturated heterocycles. The minimum atomic E-state index is 0.749. The number of hydrogen-bond donors (Lipinski definition) is 0. The van der Waals surface area contributed by atoms with Crippen molar-refractivity contribution in [3.05, 3.63) is 49.1 Å². The molecule has 3 aromatic rings. The lowest BCUT2D eigenvalue weighted by Gasteiger charge is -2.17. The van der Waals surface area contributed by atoms with E-state index in [0.717, 1.165) is 17.2 Å². The highest BCUT2D eigenvalue weighted by atomic mass is 15.3. The van der Waals surface area contributed by atoms with E-state index in [1.165, 1.54) is 0 Å². The van der Waals surface area contributed by atoms with Crippen LogP contribution in [0.2, 0.25) is 0 Å². The molecule has 2 aromatic heterocycles. The summed E-state index contributed by atoms with van der Waals surface area (Å²) in [5, 5.41) is 7.96. The fourth-order valence-electron chi connectivity index (χ4n) is 1.76. The molecular weight excluding hydrogens is 214 g/mol. The van der Waals surface area contributed by atoms with Gasteiger partial charge in [0, 0.05) is 25.1 Å². The lowest BCUT2D eigenvalue weighted by Crippen LogP contribution is -2.12. The van der Waals surface area contributed by atoms with Crippen molar-refractivity contribution in [3.63, 3.8) is 0 Å². The molecule has 17 heavy (non-hydrogen) atoms. The molecule has 5 nitrogen and oxygen atoms in total. The molecule has 0 saturated carbocycles. The molecule has 0 fully saturated rings. The molecule has 5 heteroatoms. The Bertz CT molecular complexity index is 631. The molecule has 0 bridgehead atoms. The van der Waals surface area contributed by atoms with Gasteiger partial charge >= 0.3 is 0 Å². The predicted octanol–water partition coefficient (Wildman–Crippen LogP) is 1.89. The van der Waals surface area contributed by atoms with Gasteiger partial charge in [0.2, 0.25) is 5.65 Å². The monoisotopic (exact) mass is 225 g/mol. The number of fused-ring (bicyclic) bond motifs is 1. The van der Waals surface area contributed by atoms with Crippen molar-refractivity contribution in [1.29, 1.82) is 0 Å². The summed E-state index contributed by atoms with van der Waals surface area (Å²) in [6, 6.07) is 10.0. The molecule has 0 radical (unpaired) electrons. The van der Waals surface area contributed by atoms with E-state index in [2.05, 4.69) is 15.2 Å². The minimum absolute atomic E-state index is 0.749.